The van der Waals surface area contributed by atoms with E-state index in [0.717, 1.165) is 29.4 Å². The van der Waals surface area contributed by atoms with Gasteiger partial charge in [-0.2, -0.15) is 0 Å². The lowest BCUT2D eigenvalue weighted by atomic mass is 9.91. The molecule has 0 aliphatic carbocycles. The molecule has 1 heterocycles. The molecule has 0 saturated carbocycles. The number of carbonyl (C=O) groups is 1. The number of nitrogens with one attached hydrogen (secondary N) is 2. The summed E-state index contributed by atoms with van der Waals surface area (Å²) in [5.74, 6) is 0.0868. The zero-order valence-corrected chi connectivity index (χ0v) is 20.2. The van der Waals surface area contributed by atoms with Gasteiger partial charge in [-0.25, -0.2) is 8.42 Å². The molecule has 1 aliphatic rings. The van der Waals surface area contributed by atoms with E-state index < -0.39 is 14.9 Å². The fourth-order valence-electron chi connectivity index (χ4n) is 4.31. The van der Waals surface area contributed by atoms with Crippen LogP contribution in [-0.4, -0.2) is 25.3 Å². The minimum atomic E-state index is -3.99. The summed E-state index contributed by atoms with van der Waals surface area (Å²) >= 11 is 0. The lowest BCUT2D eigenvalue weighted by Gasteiger charge is -2.40. The van der Waals surface area contributed by atoms with Gasteiger partial charge < -0.3 is 10.2 Å². The number of hydrogen-bond acceptors (Lipinski definition) is 6. The molecule has 0 aromatic heterocycles. The normalized spacial score (nSPS) is 17.4. The van der Waals surface area contributed by atoms with Crippen LogP contribution in [0, 0.1) is 10.1 Å². The average Bonchev–Trinajstić information content (AvgIpc) is 2.85. The number of rotatable bonds is 7. The van der Waals surface area contributed by atoms with Crippen molar-refractivity contribution in [1.82, 2.24) is 0 Å². The Morgan fingerprint density at radius 2 is 1.74 bits per heavy atom. The Morgan fingerprint density at radius 1 is 1.06 bits per heavy atom. The zero-order chi connectivity index (χ0) is 25.2. The molecule has 1 aliphatic heterocycles. The second-order valence-corrected chi connectivity index (χ2v) is 10.1. The number of fused-ring (bicyclic) bond motifs is 1. The number of sulfonamides is 1. The maximum absolute atomic E-state index is 12.7. The monoisotopic (exact) mass is 494 g/mol. The van der Waals surface area contributed by atoms with E-state index in [0.29, 0.717) is 12.1 Å². The Morgan fingerprint density at radius 3 is 2.43 bits per heavy atom. The van der Waals surface area contributed by atoms with E-state index in [1.807, 2.05) is 43.0 Å². The largest absolute Gasteiger partial charge is 0.378 e. The predicted octanol–water partition coefficient (Wildman–Crippen LogP) is 5.08. The zero-order valence-electron chi connectivity index (χ0n) is 19.3. The number of para-hydroxylation sites is 1. The Balaban J connectivity index is 1.51. The molecule has 3 aromatic carbocycles. The fourth-order valence-corrected chi connectivity index (χ4v) is 5.41. The van der Waals surface area contributed by atoms with Crippen molar-refractivity contribution in [3.8, 4) is 0 Å². The van der Waals surface area contributed by atoms with Crippen LogP contribution in [0.15, 0.2) is 77.7 Å². The van der Waals surface area contributed by atoms with Gasteiger partial charge in [0.2, 0.25) is 5.91 Å². The number of nitrogens with zero attached hydrogens (tertiary/aromatic N) is 2. The Labute approximate surface area is 204 Å². The van der Waals surface area contributed by atoms with E-state index in [1.165, 1.54) is 18.2 Å². The SMILES string of the molecule is CCC(=O)N1c2ccccc2[C@H](Nc2ccc(NS(=O)(=O)c3cccc([N+](=O)[O-])c3)cc2)C[C@@H]1C. The molecule has 3 aromatic rings. The third kappa shape index (κ3) is 5.12. The standard InChI is InChI=1S/C25H26N4O5S/c1-3-25(30)28-17(2)15-23(22-9-4-5-10-24(22)28)26-18-11-13-19(14-12-18)27-35(33,34)21-8-6-7-20(16-21)29(31)32/h4-14,16-17,23,26-27H,3,15H2,1-2H3/t17-,23+/m0/s1. The number of benzene rings is 3. The van der Waals surface area contributed by atoms with E-state index in [1.54, 1.807) is 24.3 Å². The smallest absolute Gasteiger partial charge is 0.270 e. The van der Waals surface area contributed by atoms with Crippen molar-refractivity contribution in [2.24, 2.45) is 0 Å². The minimum absolute atomic E-state index is 0.0190. The number of hydrogen-bond donors (Lipinski definition) is 2. The summed E-state index contributed by atoms with van der Waals surface area (Å²) in [6.07, 6.45) is 1.16. The molecule has 1 amide bonds. The van der Waals surface area contributed by atoms with Crippen LogP contribution in [0.1, 0.15) is 38.3 Å². The highest BCUT2D eigenvalue weighted by molar-refractivity contribution is 7.92. The van der Waals surface area contributed by atoms with Crippen LogP contribution >= 0.6 is 0 Å². The van der Waals surface area contributed by atoms with Crippen molar-refractivity contribution in [3.63, 3.8) is 0 Å². The molecule has 0 spiro atoms. The number of non-ortho nitro benzene ring substituents is 1. The van der Waals surface area contributed by atoms with Gasteiger partial charge in [0.25, 0.3) is 15.7 Å². The van der Waals surface area contributed by atoms with Gasteiger partial charge in [0.05, 0.1) is 15.9 Å². The molecule has 0 unspecified atom stereocenters. The lowest BCUT2D eigenvalue weighted by Crippen LogP contribution is -2.44. The van der Waals surface area contributed by atoms with Crippen LogP contribution in [0.2, 0.25) is 0 Å². The molecule has 0 saturated heterocycles. The quantitative estimate of drug-likeness (QED) is 0.349. The van der Waals surface area contributed by atoms with Gasteiger partial charge in [0.15, 0.2) is 0 Å². The molecular formula is C25H26N4O5S. The van der Waals surface area contributed by atoms with Crippen molar-refractivity contribution >= 4 is 38.7 Å². The second-order valence-electron chi connectivity index (χ2n) is 8.40. The Bertz CT molecular complexity index is 1360. The van der Waals surface area contributed by atoms with Gasteiger partial charge in [-0.15, -0.1) is 0 Å². The fraction of sp³-hybridized carbons (Fsp3) is 0.240. The number of anilines is 3. The highest BCUT2D eigenvalue weighted by Crippen LogP contribution is 2.39. The second kappa shape index (κ2) is 9.75. The van der Waals surface area contributed by atoms with E-state index in [9.17, 15) is 23.3 Å². The van der Waals surface area contributed by atoms with Crippen molar-refractivity contribution < 1.29 is 18.1 Å². The van der Waals surface area contributed by atoms with Crippen molar-refractivity contribution in [2.75, 3.05) is 14.9 Å². The molecule has 9 nitrogen and oxygen atoms in total. The molecule has 0 bridgehead atoms. The van der Waals surface area contributed by atoms with Crippen LogP contribution in [-0.2, 0) is 14.8 Å². The molecular weight excluding hydrogens is 468 g/mol. The number of nitro benzene ring substituents is 1. The first-order valence-electron chi connectivity index (χ1n) is 11.2. The van der Waals surface area contributed by atoms with E-state index in [4.69, 9.17) is 0 Å². The Kier molecular flexibility index (Phi) is 6.74. The summed E-state index contributed by atoms with van der Waals surface area (Å²) in [6, 6.07) is 19.5. The summed E-state index contributed by atoms with van der Waals surface area (Å²) < 4.78 is 27.8. The molecule has 182 valence electrons. The van der Waals surface area contributed by atoms with Gasteiger partial charge in [0.1, 0.15) is 0 Å². The highest BCUT2D eigenvalue weighted by atomic mass is 32.2. The molecule has 4 rings (SSSR count). The highest BCUT2D eigenvalue weighted by Gasteiger charge is 2.32. The lowest BCUT2D eigenvalue weighted by molar-refractivity contribution is -0.385. The van der Waals surface area contributed by atoms with E-state index in [-0.39, 0.29) is 28.6 Å². The summed E-state index contributed by atoms with van der Waals surface area (Å²) in [7, 11) is -3.99. The number of nitro groups is 1. The van der Waals surface area contributed by atoms with Gasteiger partial charge >= 0.3 is 0 Å². The van der Waals surface area contributed by atoms with Crippen molar-refractivity contribution in [1.29, 1.82) is 0 Å². The van der Waals surface area contributed by atoms with Crippen LogP contribution in [0.4, 0.5) is 22.7 Å². The van der Waals surface area contributed by atoms with Crippen LogP contribution in [0.25, 0.3) is 0 Å². The van der Waals surface area contributed by atoms with Crippen molar-refractivity contribution in [2.45, 2.75) is 43.7 Å². The summed E-state index contributed by atoms with van der Waals surface area (Å²) in [5.41, 5.74) is 2.76. The van der Waals surface area contributed by atoms with Crippen molar-refractivity contribution in [3.05, 3.63) is 88.5 Å². The molecule has 0 radical (unpaired) electrons. The molecule has 2 atom stereocenters. The van der Waals surface area contributed by atoms with Gasteiger partial charge in [0, 0.05) is 41.7 Å². The molecule has 10 heteroatoms. The van der Waals surface area contributed by atoms with Gasteiger partial charge in [-0.05, 0) is 55.3 Å². The molecule has 0 fully saturated rings. The molecule has 2 N–H and O–H groups in total. The minimum Gasteiger partial charge on any atom is -0.378 e. The van der Waals surface area contributed by atoms with Gasteiger partial charge in [-0.3, -0.25) is 19.6 Å². The van der Waals surface area contributed by atoms with Crippen LogP contribution in [0.5, 0.6) is 0 Å². The van der Waals surface area contributed by atoms with Crippen LogP contribution in [0.3, 0.4) is 0 Å². The molecule has 35 heavy (non-hydrogen) atoms. The van der Waals surface area contributed by atoms with Gasteiger partial charge in [-0.1, -0.05) is 31.2 Å². The van der Waals surface area contributed by atoms with E-state index >= 15 is 0 Å². The predicted molar refractivity (Wildman–Crippen MR) is 135 cm³/mol. The van der Waals surface area contributed by atoms with Crippen LogP contribution < -0.4 is 14.9 Å². The Hall–Kier alpha value is -3.92. The summed E-state index contributed by atoms with van der Waals surface area (Å²) in [6.45, 7) is 3.89. The van der Waals surface area contributed by atoms with E-state index in [2.05, 4.69) is 10.0 Å². The maximum atomic E-state index is 12.7. The topological polar surface area (TPSA) is 122 Å². The summed E-state index contributed by atoms with van der Waals surface area (Å²) in [5, 5.41) is 14.5. The third-order valence-electron chi connectivity index (χ3n) is 5.98. The maximum Gasteiger partial charge on any atom is 0.270 e. The third-order valence-corrected chi connectivity index (χ3v) is 7.36. The summed E-state index contributed by atoms with van der Waals surface area (Å²) in [4.78, 5) is 24.5. The number of carbonyl (C=O) groups excluding carboxylic acids is 1. The first-order chi connectivity index (χ1) is 16.7. The first kappa shape index (κ1) is 24.2. The number of amides is 1. The average molecular weight is 495 g/mol. The first-order valence-corrected chi connectivity index (χ1v) is 12.7.